The Balaban J connectivity index is 2.72. The van der Waals surface area contributed by atoms with Gasteiger partial charge in [-0.25, -0.2) is 4.39 Å². The van der Waals surface area contributed by atoms with Crippen molar-refractivity contribution in [2.45, 2.75) is 13.5 Å². The van der Waals surface area contributed by atoms with Gasteiger partial charge in [-0.2, -0.15) is 0 Å². The summed E-state index contributed by atoms with van der Waals surface area (Å²) in [5.74, 6) is -0.312. The molecule has 0 bridgehead atoms. The number of anilines is 1. The summed E-state index contributed by atoms with van der Waals surface area (Å²) in [5.41, 5.74) is 6.82. The summed E-state index contributed by atoms with van der Waals surface area (Å²) in [5, 5.41) is 0. The number of nitrogens with two attached hydrogens (primary N) is 1. The molecule has 66 valence electrons. The smallest absolute Gasteiger partial charge is 0.125 e. The standard InChI is InChI=1S/C9H12FNO/c1-2-12-6-7-3-4-8(10)5-9(7)11/h3-5H,2,6,11H2,1H3. The molecule has 0 fully saturated rings. The van der Waals surface area contributed by atoms with Crippen LogP contribution in [0.3, 0.4) is 0 Å². The van der Waals surface area contributed by atoms with Gasteiger partial charge in [-0.3, -0.25) is 0 Å². The second-order valence-corrected chi connectivity index (χ2v) is 2.48. The first kappa shape index (κ1) is 9.00. The Morgan fingerprint density at radius 1 is 1.50 bits per heavy atom. The van der Waals surface area contributed by atoms with E-state index in [2.05, 4.69) is 0 Å². The Kier molecular flexibility index (Phi) is 3.05. The van der Waals surface area contributed by atoms with Gasteiger partial charge in [-0.1, -0.05) is 6.07 Å². The minimum atomic E-state index is -0.312. The molecular formula is C9H12FNO. The molecule has 0 aliphatic carbocycles. The molecule has 0 saturated carbocycles. The van der Waals surface area contributed by atoms with E-state index in [-0.39, 0.29) is 5.82 Å². The van der Waals surface area contributed by atoms with Gasteiger partial charge in [0.05, 0.1) is 6.61 Å². The molecule has 0 saturated heterocycles. The van der Waals surface area contributed by atoms with Crippen molar-refractivity contribution in [3.05, 3.63) is 29.6 Å². The van der Waals surface area contributed by atoms with Crippen molar-refractivity contribution in [1.82, 2.24) is 0 Å². The van der Waals surface area contributed by atoms with E-state index in [1.807, 2.05) is 6.92 Å². The van der Waals surface area contributed by atoms with Crippen LogP contribution in [0.1, 0.15) is 12.5 Å². The summed E-state index contributed by atoms with van der Waals surface area (Å²) in [7, 11) is 0. The average molecular weight is 169 g/mol. The molecule has 0 aromatic heterocycles. The summed E-state index contributed by atoms with van der Waals surface area (Å²) in [6.45, 7) is 2.99. The van der Waals surface area contributed by atoms with Crippen molar-refractivity contribution in [1.29, 1.82) is 0 Å². The maximum absolute atomic E-state index is 12.5. The molecule has 12 heavy (non-hydrogen) atoms. The van der Waals surface area contributed by atoms with Crippen molar-refractivity contribution in [3.8, 4) is 0 Å². The average Bonchev–Trinajstić information content (AvgIpc) is 2.03. The molecule has 0 radical (unpaired) electrons. The number of benzene rings is 1. The van der Waals surface area contributed by atoms with Crippen LogP contribution in [-0.4, -0.2) is 6.61 Å². The normalized spacial score (nSPS) is 10.2. The van der Waals surface area contributed by atoms with Gasteiger partial charge in [-0.05, 0) is 19.1 Å². The van der Waals surface area contributed by atoms with Gasteiger partial charge in [0, 0.05) is 17.9 Å². The fourth-order valence-corrected chi connectivity index (χ4v) is 0.909. The molecule has 1 aromatic rings. The molecule has 0 unspecified atom stereocenters. The van der Waals surface area contributed by atoms with E-state index in [9.17, 15) is 4.39 Å². The second-order valence-electron chi connectivity index (χ2n) is 2.48. The fraction of sp³-hybridized carbons (Fsp3) is 0.333. The fourth-order valence-electron chi connectivity index (χ4n) is 0.909. The topological polar surface area (TPSA) is 35.2 Å². The minimum absolute atomic E-state index is 0.312. The number of halogens is 1. The SMILES string of the molecule is CCOCc1ccc(F)cc1N. The van der Waals surface area contributed by atoms with Crippen LogP contribution in [0, 0.1) is 5.82 Å². The van der Waals surface area contributed by atoms with Crippen LogP contribution in [0.5, 0.6) is 0 Å². The van der Waals surface area contributed by atoms with Crippen molar-refractivity contribution < 1.29 is 9.13 Å². The number of ether oxygens (including phenoxy) is 1. The zero-order chi connectivity index (χ0) is 8.97. The van der Waals surface area contributed by atoms with E-state index in [0.29, 0.717) is 18.9 Å². The third kappa shape index (κ3) is 2.20. The van der Waals surface area contributed by atoms with E-state index < -0.39 is 0 Å². The van der Waals surface area contributed by atoms with Crippen molar-refractivity contribution in [2.75, 3.05) is 12.3 Å². The van der Waals surface area contributed by atoms with Crippen LogP contribution < -0.4 is 5.73 Å². The second kappa shape index (κ2) is 4.07. The van der Waals surface area contributed by atoms with Gasteiger partial charge in [0.1, 0.15) is 5.82 Å². The zero-order valence-corrected chi connectivity index (χ0v) is 7.01. The molecular weight excluding hydrogens is 157 g/mol. The van der Waals surface area contributed by atoms with Crippen LogP contribution in [0.15, 0.2) is 18.2 Å². The molecule has 0 aliphatic rings. The molecule has 2 N–H and O–H groups in total. The molecule has 3 heteroatoms. The molecule has 0 amide bonds. The highest BCUT2D eigenvalue weighted by Crippen LogP contribution is 2.13. The van der Waals surface area contributed by atoms with Crippen LogP contribution >= 0.6 is 0 Å². The van der Waals surface area contributed by atoms with Crippen molar-refractivity contribution in [2.24, 2.45) is 0 Å². The van der Waals surface area contributed by atoms with Gasteiger partial charge < -0.3 is 10.5 Å². The number of rotatable bonds is 3. The maximum atomic E-state index is 12.5. The number of hydrogen-bond donors (Lipinski definition) is 1. The highest BCUT2D eigenvalue weighted by Gasteiger charge is 1.99. The van der Waals surface area contributed by atoms with Gasteiger partial charge in [0.15, 0.2) is 0 Å². The number of hydrogen-bond acceptors (Lipinski definition) is 2. The monoisotopic (exact) mass is 169 g/mol. The third-order valence-corrected chi connectivity index (χ3v) is 1.57. The highest BCUT2D eigenvalue weighted by atomic mass is 19.1. The van der Waals surface area contributed by atoms with Crippen LogP contribution in [0.2, 0.25) is 0 Å². The Hall–Kier alpha value is -1.09. The highest BCUT2D eigenvalue weighted by molar-refractivity contribution is 5.46. The van der Waals surface area contributed by atoms with Crippen LogP contribution in [0.25, 0.3) is 0 Å². The molecule has 0 aliphatic heterocycles. The predicted octanol–water partition coefficient (Wildman–Crippen LogP) is 1.94. The summed E-state index contributed by atoms with van der Waals surface area (Å²) in [6.07, 6.45) is 0. The molecule has 1 aromatic carbocycles. The zero-order valence-electron chi connectivity index (χ0n) is 7.01. The molecule has 0 atom stereocenters. The van der Waals surface area contributed by atoms with Crippen LogP contribution in [0.4, 0.5) is 10.1 Å². The quantitative estimate of drug-likeness (QED) is 0.702. The van der Waals surface area contributed by atoms with Crippen molar-refractivity contribution in [3.63, 3.8) is 0 Å². The lowest BCUT2D eigenvalue weighted by Gasteiger charge is -2.04. The Bertz CT molecular complexity index is 263. The van der Waals surface area contributed by atoms with Gasteiger partial charge in [-0.15, -0.1) is 0 Å². The first-order chi connectivity index (χ1) is 5.74. The maximum Gasteiger partial charge on any atom is 0.125 e. The summed E-state index contributed by atoms with van der Waals surface area (Å²) in [6, 6.07) is 4.32. The van der Waals surface area contributed by atoms with Crippen molar-refractivity contribution >= 4 is 5.69 Å². The summed E-state index contributed by atoms with van der Waals surface area (Å²) >= 11 is 0. The lowest BCUT2D eigenvalue weighted by atomic mass is 10.2. The summed E-state index contributed by atoms with van der Waals surface area (Å²) < 4.78 is 17.7. The van der Waals surface area contributed by atoms with Gasteiger partial charge in [0.2, 0.25) is 0 Å². The van der Waals surface area contributed by atoms with Gasteiger partial charge >= 0.3 is 0 Å². The molecule has 0 heterocycles. The Morgan fingerprint density at radius 2 is 2.25 bits per heavy atom. The first-order valence-corrected chi connectivity index (χ1v) is 3.85. The lowest BCUT2D eigenvalue weighted by molar-refractivity contribution is 0.134. The van der Waals surface area contributed by atoms with E-state index in [4.69, 9.17) is 10.5 Å². The minimum Gasteiger partial charge on any atom is -0.398 e. The number of nitrogen functional groups attached to an aromatic ring is 1. The molecule has 1 rings (SSSR count). The van der Waals surface area contributed by atoms with E-state index in [0.717, 1.165) is 5.56 Å². The summed E-state index contributed by atoms with van der Waals surface area (Å²) in [4.78, 5) is 0. The Morgan fingerprint density at radius 3 is 2.83 bits per heavy atom. The Labute approximate surface area is 71.1 Å². The molecule has 2 nitrogen and oxygen atoms in total. The largest absolute Gasteiger partial charge is 0.398 e. The predicted molar refractivity (Wildman–Crippen MR) is 46.1 cm³/mol. The lowest BCUT2D eigenvalue weighted by Crippen LogP contribution is -1.98. The van der Waals surface area contributed by atoms with E-state index in [1.54, 1.807) is 6.07 Å². The van der Waals surface area contributed by atoms with E-state index in [1.165, 1.54) is 12.1 Å². The van der Waals surface area contributed by atoms with Crippen LogP contribution in [-0.2, 0) is 11.3 Å². The third-order valence-electron chi connectivity index (χ3n) is 1.57. The first-order valence-electron chi connectivity index (χ1n) is 3.85. The van der Waals surface area contributed by atoms with Gasteiger partial charge in [0.25, 0.3) is 0 Å². The van der Waals surface area contributed by atoms with E-state index >= 15 is 0 Å². The molecule has 0 spiro atoms.